The third-order valence-corrected chi connectivity index (χ3v) is 6.69. The quantitative estimate of drug-likeness (QED) is 0.397. The molecule has 2 aromatic rings. The predicted molar refractivity (Wildman–Crippen MR) is 118 cm³/mol. The second-order valence-electron chi connectivity index (χ2n) is 7.14. The van der Waals surface area contributed by atoms with Crippen LogP contribution in [0, 0.1) is 3.57 Å². The van der Waals surface area contributed by atoms with Crippen LogP contribution in [0.1, 0.15) is 28.4 Å². The van der Waals surface area contributed by atoms with Gasteiger partial charge in [0.05, 0.1) is 10.5 Å². The van der Waals surface area contributed by atoms with E-state index in [4.69, 9.17) is 4.74 Å². The van der Waals surface area contributed by atoms with Crippen LogP contribution in [0.2, 0.25) is 0 Å². The predicted octanol–water partition coefficient (Wildman–Crippen LogP) is 4.44. The van der Waals surface area contributed by atoms with Crippen LogP contribution < -0.4 is 4.74 Å². The first-order chi connectivity index (χ1) is 13.9. The maximum Gasteiger partial charge on any atom is 0.301 e. The zero-order valence-corrected chi connectivity index (χ0v) is 19.3. The summed E-state index contributed by atoms with van der Waals surface area (Å²) in [5.41, 5.74) is 1.90. The number of benzene rings is 2. The highest BCUT2D eigenvalue weighted by molar-refractivity contribution is 14.1. The van der Waals surface area contributed by atoms with E-state index in [-0.39, 0.29) is 16.2 Å². The highest BCUT2D eigenvalue weighted by atomic mass is 127. The Bertz CT molecular complexity index is 1120. The summed E-state index contributed by atoms with van der Waals surface area (Å²) >= 11 is 2.18. The van der Waals surface area contributed by atoms with Gasteiger partial charge in [0.1, 0.15) is 5.75 Å². The highest BCUT2D eigenvalue weighted by Gasteiger charge is 2.36. The van der Waals surface area contributed by atoms with Crippen molar-refractivity contribution >= 4 is 38.3 Å². The Morgan fingerprint density at radius 2 is 1.90 bits per heavy atom. The van der Waals surface area contributed by atoms with Crippen LogP contribution in [-0.4, -0.2) is 37.5 Å². The average Bonchev–Trinajstić information content (AvgIpc) is 3.09. The maximum atomic E-state index is 13.9. The van der Waals surface area contributed by atoms with Gasteiger partial charge in [0.25, 0.3) is 5.91 Å². The molecule has 160 valence electrons. The van der Waals surface area contributed by atoms with E-state index in [0.717, 1.165) is 27.9 Å². The SMILES string of the molecule is C=CC(F)(F)C(C)Oc1ccc(S(C)(=O)=O)cc1C(=O)N1Cc2ccc(I)cc2C1. The number of hydrogen-bond acceptors (Lipinski definition) is 4. The zero-order valence-electron chi connectivity index (χ0n) is 16.4. The molecule has 1 aliphatic heterocycles. The number of sulfone groups is 1. The fourth-order valence-electron chi connectivity index (χ4n) is 3.12. The van der Waals surface area contributed by atoms with E-state index in [1.165, 1.54) is 23.1 Å². The summed E-state index contributed by atoms with van der Waals surface area (Å²) in [7, 11) is -3.61. The van der Waals surface area contributed by atoms with Crippen LogP contribution in [0.25, 0.3) is 0 Å². The molecule has 1 atom stereocenters. The number of rotatable bonds is 6. The van der Waals surface area contributed by atoms with Gasteiger partial charge in [-0.05, 0) is 77.0 Å². The van der Waals surface area contributed by atoms with Crippen molar-refractivity contribution in [3.8, 4) is 5.75 Å². The van der Waals surface area contributed by atoms with Crippen LogP contribution in [0.5, 0.6) is 5.75 Å². The lowest BCUT2D eigenvalue weighted by atomic mass is 10.1. The van der Waals surface area contributed by atoms with Crippen LogP contribution >= 0.6 is 22.6 Å². The third-order valence-electron chi connectivity index (χ3n) is 4.91. The van der Waals surface area contributed by atoms with E-state index in [0.29, 0.717) is 19.2 Å². The van der Waals surface area contributed by atoms with Crippen molar-refractivity contribution < 1.29 is 26.7 Å². The number of fused-ring (bicyclic) bond motifs is 1. The number of nitrogens with zero attached hydrogens (tertiary/aromatic N) is 1. The molecule has 0 saturated carbocycles. The summed E-state index contributed by atoms with van der Waals surface area (Å²) in [6.45, 7) is 4.95. The van der Waals surface area contributed by atoms with Gasteiger partial charge in [-0.2, -0.15) is 8.78 Å². The minimum absolute atomic E-state index is 0.0767. The molecule has 1 aliphatic rings. The van der Waals surface area contributed by atoms with Crippen LogP contribution in [0.4, 0.5) is 8.78 Å². The van der Waals surface area contributed by atoms with Crippen molar-refractivity contribution in [1.82, 2.24) is 4.90 Å². The van der Waals surface area contributed by atoms with Gasteiger partial charge in [-0.3, -0.25) is 4.79 Å². The molecule has 2 aromatic carbocycles. The van der Waals surface area contributed by atoms with E-state index in [2.05, 4.69) is 29.2 Å². The molecule has 1 unspecified atom stereocenters. The molecule has 0 aromatic heterocycles. The number of halogens is 3. The summed E-state index contributed by atoms with van der Waals surface area (Å²) < 4.78 is 58.2. The Kier molecular flexibility index (Phi) is 6.24. The minimum Gasteiger partial charge on any atom is -0.483 e. The van der Waals surface area contributed by atoms with E-state index in [1.807, 2.05) is 18.2 Å². The molecule has 9 heteroatoms. The van der Waals surface area contributed by atoms with E-state index in [9.17, 15) is 22.0 Å². The number of ether oxygens (including phenoxy) is 1. The van der Waals surface area contributed by atoms with Crippen molar-refractivity contribution in [1.29, 1.82) is 0 Å². The molecule has 3 rings (SSSR count). The standard InChI is InChI=1S/C21H20F2INO4S/c1-4-21(22,23)13(2)29-19-8-7-17(30(3,27)28)10-18(19)20(26)25-11-14-5-6-16(24)9-15(14)12-25/h4-10,13H,1,11-12H2,2-3H3. The van der Waals surface area contributed by atoms with Crippen LogP contribution in [0.3, 0.4) is 0 Å². The fourth-order valence-corrected chi connectivity index (χ4v) is 4.32. The Morgan fingerprint density at radius 1 is 1.23 bits per heavy atom. The van der Waals surface area contributed by atoms with Crippen molar-refractivity contribution in [3.05, 3.63) is 69.3 Å². The zero-order chi connectivity index (χ0) is 22.3. The molecule has 0 fully saturated rings. The summed E-state index contributed by atoms with van der Waals surface area (Å²) in [5, 5.41) is 0. The smallest absolute Gasteiger partial charge is 0.301 e. The number of amides is 1. The molecule has 0 radical (unpaired) electrons. The third kappa shape index (κ3) is 4.66. The van der Waals surface area contributed by atoms with Crippen LogP contribution in [-0.2, 0) is 22.9 Å². The molecule has 0 aliphatic carbocycles. The summed E-state index contributed by atoms with van der Waals surface area (Å²) in [5.74, 6) is -3.92. The maximum absolute atomic E-state index is 13.9. The Balaban J connectivity index is 1.98. The number of alkyl halides is 2. The first-order valence-electron chi connectivity index (χ1n) is 9.01. The highest BCUT2D eigenvalue weighted by Crippen LogP contribution is 2.32. The summed E-state index contributed by atoms with van der Waals surface area (Å²) in [4.78, 5) is 14.7. The van der Waals surface area contributed by atoms with Gasteiger partial charge >= 0.3 is 5.92 Å². The molecular weight excluding hydrogens is 527 g/mol. The first-order valence-corrected chi connectivity index (χ1v) is 12.0. The number of carbonyl (C=O) groups is 1. The van der Waals surface area contributed by atoms with Crippen molar-refractivity contribution in [2.75, 3.05) is 6.26 Å². The van der Waals surface area contributed by atoms with E-state index < -0.39 is 27.8 Å². The molecule has 0 spiro atoms. The van der Waals surface area contributed by atoms with Crippen molar-refractivity contribution in [2.24, 2.45) is 0 Å². The first kappa shape index (κ1) is 22.7. The number of carbonyl (C=O) groups excluding carboxylic acids is 1. The van der Waals surface area contributed by atoms with Gasteiger partial charge in [0.2, 0.25) is 0 Å². The summed E-state index contributed by atoms with van der Waals surface area (Å²) in [6.07, 6.45) is -0.106. The Hall–Kier alpha value is -2.01. The van der Waals surface area contributed by atoms with Gasteiger partial charge in [-0.25, -0.2) is 8.42 Å². The molecule has 1 heterocycles. The lowest BCUT2D eigenvalue weighted by Crippen LogP contribution is -2.34. The molecule has 1 amide bonds. The molecule has 30 heavy (non-hydrogen) atoms. The van der Waals surface area contributed by atoms with Gasteiger partial charge in [0, 0.05) is 22.9 Å². The molecular formula is C21H20F2INO4S. The minimum atomic E-state index is -3.61. The molecule has 0 bridgehead atoms. The fraction of sp³-hybridized carbons (Fsp3) is 0.286. The van der Waals surface area contributed by atoms with E-state index >= 15 is 0 Å². The van der Waals surface area contributed by atoms with Gasteiger partial charge in [-0.1, -0.05) is 12.6 Å². The number of hydrogen-bond donors (Lipinski definition) is 0. The summed E-state index contributed by atoms with van der Waals surface area (Å²) in [6, 6.07) is 9.50. The average molecular weight is 547 g/mol. The topological polar surface area (TPSA) is 63.7 Å². The largest absolute Gasteiger partial charge is 0.483 e. The molecule has 5 nitrogen and oxygen atoms in total. The van der Waals surface area contributed by atoms with E-state index in [1.54, 1.807) is 0 Å². The lowest BCUT2D eigenvalue weighted by Gasteiger charge is -2.24. The van der Waals surface area contributed by atoms with Gasteiger partial charge < -0.3 is 9.64 Å². The van der Waals surface area contributed by atoms with Gasteiger partial charge in [0.15, 0.2) is 15.9 Å². The Labute approximate surface area is 187 Å². The van der Waals surface area contributed by atoms with Crippen molar-refractivity contribution in [2.45, 2.75) is 36.9 Å². The lowest BCUT2D eigenvalue weighted by molar-refractivity contribution is -0.0466. The van der Waals surface area contributed by atoms with Crippen molar-refractivity contribution in [3.63, 3.8) is 0 Å². The Morgan fingerprint density at radius 3 is 2.53 bits per heavy atom. The normalized spacial score (nSPS) is 14.9. The molecule has 0 saturated heterocycles. The monoisotopic (exact) mass is 547 g/mol. The van der Waals surface area contributed by atoms with Crippen LogP contribution in [0.15, 0.2) is 53.9 Å². The van der Waals surface area contributed by atoms with Gasteiger partial charge in [-0.15, -0.1) is 0 Å². The second kappa shape index (κ2) is 8.26. The molecule has 0 N–H and O–H groups in total. The second-order valence-corrected chi connectivity index (χ2v) is 10.4.